The minimum absolute atomic E-state index is 0.0519. The second kappa shape index (κ2) is 11.5. The van der Waals surface area contributed by atoms with Crippen LogP contribution in [-0.4, -0.2) is 46.9 Å². The van der Waals surface area contributed by atoms with Gasteiger partial charge < -0.3 is 15.0 Å². The molecule has 3 aromatic rings. The van der Waals surface area contributed by atoms with Crippen LogP contribution in [0.1, 0.15) is 21.5 Å². The molecule has 3 aromatic carbocycles. The molecule has 10 heteroatoms. The minimum Gasteiger partial charge on any atom is -0.378 e. The van der Waals surface area contributed by atoms with Crippen molar-refractivity contribution in [1.29, 1.82) is 0 Å². The van der Waals surface area contributed by atoms with Crippen LogP contribution in [0.5, 0.6) is 0 Å². The molecule has 1 aliphatic rings. The molecule has 0 aromatic heterocycles. The van der Waals surface area contributed by atoms with E-state index in [0.717, 1.165) is 43.8 Å². The van der Waals surface area contributed by atoms with Crippen molar-refractivity contribution in [2.24, 2.45) is 0 Å². The van der Waals surface area contributed by atoms with Gasteiger partial charge in [-0.05, 0) is 47.5 Å². The third kappa shape index (κ3) is 6.50. The van der Waals surface area contributed by atoms with Gasteiger partial charge in [-0.3, -0.25) is 9.10 Å². The topological polar surface area (TPSA) is 79.0 Å². The summed E-state index contributed by atoms with van der Waals surface area (Å²) in [6, 6.07) is 19.8. The molecule has 1 heterocycles. The van der Waals surface area contributed by atoms with Crippen LogP contribution in [-0.2, 0) is 27.8 Å². The van der Waals surface area contributed by atoms with E-state index in [1.165, 1.54) is 4.31 Å². The Morgan fingerprint density at radius 3 is 2.25 bits per heavy atom. The van der Waals surface area contributed by atoms with Crippen LogP contribution in [0.15, 0.2) is 66.7 Å². The van der Waals surface area contributed by atoms with E-state index in [4.69, 9.17) is 27.9 Å². The number of rotatable bonds is 8. The Kier molecular flexibility index (Phi) is 8.41. The van der Waals surface area contributed by atoms with Crippen molar-refractivity contribution in [2.75, 3.05) is 41.8 Å². The van der Waals surface area contributed by atoms with Crippen LogP contribution in [0.4, 0.5) is 11.4 Å². The number of nitrogens with one attached hydrogen (secondary N) is 1. The Hall–Kier alpha value is -2.78. The smallest absolute Gasteiger partial charge is 0.251 e. The summed E-state index contributed by atoms with van der Waals surface area (Å²) in [5.41, 5.74) is 3.63. The number of anilines is 2. The molecule has 7 nitrogen and oxygen atoms in total. The van der Waals surface area contributed by atoms with Gasteiger partial charge in [0.15, 0.2) is 0 Å². The third-order valence-electron chi connectivity index (χ3n) is 5.91. The lowest BCUT2D eigenvalue weighted by Crippen LogP contribution is -2.36. The molecule has 1 amide bonds. The van der Waals surface area contributed by atoms with Gasteiger partial charge >= 0.3 is 0 Å². The Morgan fingerprint density at radius 1 is 0.972 bits per heavy atom. The molecule has 1 N–H and O–H groups in total. The summed E-state index contributed by atoms with van der Waals surface area (Å²) in [5, 5.41) is 3.36. The molecule has 0 unspecified atom stereocenters. The van der Waals surface area contributed by atoms with Gasteiger partial charge in [0.1, 0.15) is 0 Å². The van der Waals surface area contributed by atoms with Crippen LogP contribution in [0, 0.1) is 0 Å². The summed E-state index contributed by atoms with van der Waals surface area (Å²) in [7, 11) is -3.63. The van der Waals surface area contributed by atoms with E-state index in [-0.39, 0.29) is 22.5 Å². The van der Waals surface area contributed by atoms with E-state index in [1.54, 1.807) is 42.5 Å². The Labute approximate surface area is 221 Å². The van der Waals surface area contributed by atoms with E-state index in [1.807, 2.05) is 12.1 Å². The summed E-state index contributed by atoms with van der Waals surface area (Å²) in [4.78, 5) is 14.9. The highest BCUT2D eigenvalue weighted by Crippen LogP contribution is 2.34. The lowest BCUT2D eigenvalue weighted by atomic mass is 10.1. The van der Waals surface area contributed by atoms with E-state index in [2.05, 4.69) is 22.3 Å². The highest BCUT2D eigenvalue weighted by Gasteiger charge is 2.22. The number of hydrogen-bond acceptors (Lipinski definition) is 5. The van der Waals surface area contributed by atoms with Crippen LogP contribution in [0.25, 0.3) is 0 Å². The van der Waals surface area contributed by atoms with Gasteiger partial charge in [0, 0.05) is 30.9 Å². The number of amides is 1. The second-order valence-electron chi connectivity index (χ2n) is 8.49. The van der Waals surface area contributed by atoms with Gasteiger partial charge in [-0.15, -0.1) is 0 Å². The van der Waals surface area contributed by atoms with Crippen molar-refractivity contribution < 1.29 is 17.9 Å². The van der Waals surface area contributed by atoms with E-state index in [0.29, 0.717) is 23.4 Å². The molecule has 1 aliphatic heterocycles. The fourth-order valence-electron chi connectivity index (χ4n) is 3.92. The number of ether oxygens (including phenoxy) is 1. The van der Waals surface area contributed by atoms with Crippen molar-refractivity contribution in [2.45, 2.75) is 13.1 Å². The standard InChI is InChI=1S/C26H27Cl2N3O4S/c1-36(33,34)31(24-4-2-3-23(27)25(24)28)18-20-5-9-21(10-6-20)26(32)29-17-19-7-11-22(12-8-19)30-13-15-35-16-14-30/h2-12H,13-18H2,1H3,(H,29,32). The Morgan fingerprint density at radius 2 is 1.61 bits per heavy atom. The van der Waals surface area contributed by atoms with Crippen LogP contribution in [0.3, 0.4) is 0 Å². The van der Waals surface area contributed by atoms with Crippen LogP contribution >= 0.6 is 23.2 Å². The lowest BCUT2D eigenvalue weighted by molar-refractivity contribution is 0.0951. The maximum Gasteiger partial charge on any atom is 0.251 e. The molecule has 0 spiro atoms. The third-order valence-corrected chi connectivity index (χ3v) is 7.84. The van der Waals surface area contributed by atoms with Crippen molar-refractivity contribution in [1.82, 2.24) is 5.32 Å². The number of nitrogens with zero attached hydrogens (tertiary/aromatic N) is 2. The summed E-state index contributed by atoms with van der Waals surface area (Å²) in [6.45, 7) is 3.67. The van der Waals surface area contributed by atoms with Gasteiger partial charge in [0.2, 0.25) is 10.0 Å². The normalized spacial score (nSPS) is 13.9. The molecule has 0 bridgehead atoms. The predicted octanol–water partition coefficient (Wildman–Crippen LogP) is 4.73. The molecule has 1 saturated heterocycles. The molecule has 0 radical (unpaired) electrons. The zero-order valence-electron chi connectivity index (χ0n) is 19.8. The molecule has 0 saturated carbocycles. The number of hydrogen-bond donors (Lipinski definition) is 1. The van der Waals surface area contributed by atoms with Crippen molar-refractivity contribution in [3.05, 3.63) is 93.5 Å². The molecule has 36 heavy (non-hydrogen) atoms. The van der Waals surface area contributed by atoms with E-state index in [9.17, 15) is 13.2 Å². The summed E-state index contributed by atoms with van der Waals surface area (Å²) < 4.78 is 31.5. The molecule has 1 fully saturated rings. The van der Waals surface area contributed by atoms with Crippen molar-refractivity contribution in [3.63, 3.8) is 0 Å². The first-order valence-electron chi connectivity index (χ1n) is 11.4. The second-order valence-corrected chi connectivity index (χ2v) is 11.2. The number of halogens is 2. The monoisotopic (exact) mass is 547 g/mol. The molecule has 190 valence electrons. The minimum atomic E-state index is -3.63. The molecular formula is C26H27Cl2N3O4S. The number of sulfonamides is 1. The number of benzene rings is 3. The molecule has 4 rings (SSSR count). The summed E-state index contributed by atoms with van der Waals surface area (Å²) in [5.74, 6) is -0.211. The van der Waals surface area contributed by atoms with Gasteiger partial charge in [0.05, 0.1) is 41.7 Å². The highest BCUT2D eigenvalue weighted by molar-refractivity contribution is 7.92. The maximum atomic E-state index is 12.7. The maximum absolute atomic E-state index is 12.7. The first kappa shape index (κ1) is 26.3. The largest absolute Gasteiger partial charge is 0.378 e. The van der Waals surface area contributed by atoms with E-state index < -0.39 is 10.0 Å². The van der Waals surface area contributed by atoms with Crippen LogP contribution < -0.4 is 14.5 Å². The van der Waals surface area contributed by atoms with Crippen molar-refractivity contribution in [3.8, 4) is 0 Å². The average molecular weight is 548 g/mol. The highest BCUT2D eigenvalue weighted by atomic mass is 35.5. The Bertz CT molecular complexity index is 1310. The number of morpholine rings is 1. The zero-order chi connectivity index (χ0) is 25.7. The van der Waals surface area contributed by atoms with Gasteiger partial charge in [-0.1, -0.05) is 53.5 Å². The predicted molar refractivity (Wildman–Crippen MR) is 145 cm³/mol. The van der Waals surface area contributed by atoms with Gasteiger partial charge in [-0.25, -0.2) is 8.42 Å². The summed E-state index contributed by atoms with van der Waals surface area (Å²) in [6.07, 6.45) is 1.11. The summed E-state index contributed by atoms with van der Waals surface area (Å²) >= 11 is 12.3. The molecule has 0 aliphatic carbocycles. The zero-order valence-corrected chi connectivity index (χ0v) is 22.1. The van der Waals surface area contributed by atoms with E-state index >= 15 is 0 Å². The fourth-order valence-corrected chi connectivity index (χ4v) is 5.26. The van der Waals surface area contributed by atoms with Crippen LogP contribution in [0.2, 0.25) is 10.0 Å². The SMILES string of the molecule is CS(=O)(=O)N(Cc1ccc(C(=O)NCc2ccc(N3CCOCC3)cc2)cc1)c1cccc(Cl)c1Cl. The fraction of sp³-hybridized carbons (Fsp3) is 0.269. The van der Waals surface area contributed by atoms with Crippen molar-refractivity contribution >= 4 is 50.5 Å². The first-order valence-corrected chi connectivity index (χ1v) is 14.0. The molecule has 0 atom stereocenters. The average Bonchev–Trinajstić information content (AvgIpc) is 2.88. The number of carbonyl (C=O) groups is 1. The molecular weight excluding hydrogens is 521 g/mol. The Balaban J connectivity index is 1.38. The number of carbonyl (C=O) groups excluding carboxylic acids is 1. The van der Waals surface area contributed by atoms with Gasteiger partial charge in [-0.2, -0.15) is 0 Å². The van der Waals surface area contributed by atoms with Gasteiger partial charge in [0.25, 0.3) is 5.91 Å². The quantitative estimate of drug-likeness (QED) is 0.441. The first-order chi connectivity index (χ1) is 17.2. The lowest BCUT2D eigenvalue weighted by Gasteiger charge is -2.28.